The molecule has 1 aromatic rings. The minimum atomic E-state index is -0.441. The summed E-state index contributed by atoms with van der Waals surface area (Å²) >= 11 is 0. The van der Waals surface area contributed by atoms with Gasteiger partial charge in [0.2, 0.25) is 0 Å². The van der Waals surface area contributed by atoms with E-state index in [-0.39, 0.29) is 12.4 Å². The molecule has 0 aliphatic carbocycles. The molecule has 0 radical (unpaired) electrons. The average molecular weight is 441 g/mol. The second-order valence-corrected chi connectivity index (χ2v) is 7.25. The van der Waals surface area contributed by atoms with Gasteiger partial charge in [-0.2, -0.15) is 0 Å². The van der Waals surface area contributed by atoms with Crippen LogP contribution in [0.1, 0.15) is 62.2 Å². The van der Waals surface area contributed by atoms with Crippen molar-refractivity contribution in [2.24, 2.45) is 0 Å². The molecule has 7 nitrogen and oxygen atoms in total. The topological polar surface area (TPSA) is 83.5 Å². The van der Waals surface area contributed by atoms with Crippen molar-refractivity contribution >= 4 is 5.97 Å². The second kappa shape index (κ2) is 20.2. The summed E-state index contributed by atoms with van der Waals surface area (Å²) in [7, 11) is 0. The van der Waals surface area contributed by atoms with E-state index in [1.54, 1.807) is 0 Å². The molecule has 0 unspecified atom stereocenters. The van der Waals surface area contributed by atoms with E-state index >= 15 is 0 Å². The van der Waals surface area contributed by atoms with Crippen molar-refractivity contribution in [3.8, 4) is 5.75 Å². The molecule has 0 bridgehead atoms. The monoisotopic (exact) mass is 440 g/mol. The van der Waals surface area contributed by atoms with Crippen LogP contribution in [0.5, 0.6) is 5.75 Å². The number of unbranched alkanes of at least 4 members (excludes halogenated alkanes) is 6. The van der Waals surface area contributed by atoms with E-state index in [0.29, 0.717) is 51.8 Å². The number of aromatic hydroxyl groups is 1. The highest BCUT2D eigenvalue weighted by atomic mass is 16.6. The highest BCUT2D eigenvalue weighted by molar-refractivity contribution is 5.89. The first-order chi connectivity index (χ1) is 15.2. The van der Waals surface area contributed by atoms with Crippen LogP contribution in [0.2, 0.25) is 0 Å². The van der Waals surface area contributed by atoms with Crippen molar-refractivity contribution in [3.63, 3.8) is 0 Å². The van der Waals surface area contributed by atoms with Gasteiger partial charge >= 0.3 is 5.97 Å². The van der Waals surface area contributed by atoms with Crippen LogP contribution in [0.4, 0.5) is 0 Å². The number of hydrogen-bond donors (Lipinski definition) is 1. The molecule has 0 heterocycles. The SMILES string of the molecule is CCCCCCCCCOCCOCCOCCOCCOC(=O)c1ccc(O)cc1. The summed E-state index contributed by atoms with van der Waals surface area (Å²) in [6.07, 6.45) is 9.04. The van der Waals surface area contributed by atoms with Gasteiger partial charge in [-0.25, -0.2) is 4.79 Å². The highest BCUT2D eigenvalue weighted by Gasteiger charge is 2.06. The summed E-state index contributed by atoms with van der Waals surface area (Å²) in [4.78, 5) is 11.7. The van der Waals surface area contributed by atoms with E-state index in [1.807, 2.05) is 0 Å². The van der Waals surface area contributed by atoms with Gasteiger partial charge in [0.1, 0.15) is 12.4 Å². The lowest BCUT2D eigenvalue weighted by atomic mass is 10.1. The van der Waals surface area contributed by atoms with Gasteiger partial charge in [0.05, 0.1) is 51.8 Å². The maximum atomic E-state index is 11.7. The Morgan fingerprint density at radius 2 is 1.10 bits per heavy atom. The van der Waals surface area contributed by atoms with Gasteiger partial charge in [0.15, 0.2) is 0 Å². The van der Waals surface area contributed by atoms with Crippen molar-refractivity contribution in [2.45, 2.75) is 51.9 Å². The molecule has 0 aliphatic heterocycles. The Bertz CT molecular complexity index is 533. The Labute approximate surface area is 187 Å². The van der Waals surface area contributed by atoms with Crippen molar-refractivity contribution in [1.82, 2.24) is 0 Å². The van der Waals surface area contributed by atoms with Crippen molar-refractivity contribution < 1.29 is 33.6 Å². The standard InChI is InChI=1S/C24H40O7/c1-2-3-4-5-6-7-8-13-27-14-15-28-16-17-29-18-19-30-20-21-31-24(26)22-9-11-23(25)12-10-22/h9-12,25H,2-8,13-21H2,1H3. The average Bonchev–Trinajstić information content (AvgIpc) is 2.78. The van der Waals surface area contributed by atoms with Gasteiger partial charge in [-0.05, 0) is 30.7 Å². The zero-order valence-corrected chi connectivity index (χ0v) is 19.0. The predicted molar refractivity (Wildman–Crippen MR) is 120 cm³/mol. The lowest BCUT2D eigenvalue weighted by molar-refractivity contribution is -0.00913. The molecule has 31 heavy (non-hydrogen) atoms. The third kappa shape index (κ3) is 16.7. The molecule has 0 saturated carbocycles. The Kier molecular flexibility index (Phi) is 17.9. The number of phenols is 1. The summed E-state index contributed by atoms with van der Waals surface area (Å²) in [5.41, 5.74) is 0.393. The van der Waals surface area contributed by atoms with E-state index in [2.05, 4.69) is 6.92 Å². The van der Waals surface area contributed by atoms with Crippen LogP contribution in [0.15, 0.2) is 24.3 Å². The van der Waals surface area contributed by atoms with Crippen molar-refractivity contribution in [2.75, 3.05) is 59.5 Å². The molecule has 0 aromatic heterocycles. The normalized spacial score (nSPS) is 11.0. The zero-order chi connectivity index (χ0) is 22.4. The second-order valence-electron chi connectivity index (χ2n) is 7.25. The number of phenolic OH excluding ortho intramolecular Hbond substituents is 1. The molecule has 0 amide bonds. The van der Waals surface area contributed by atoms with Crippen LogP contribution in [-0.4, -0.2) is 70.5 Å². The summed E-state index contributed by atoms with van der Waals surface area (Å²) < 4.78 is 26.9. The molecule has 178 valence electrons. The van der Waals surface area contributed by atoms with E-state index in [9.17, 15) is 9.90 Å². The van der Waals surface area contributed by atoms with Gasteiger partial charge in [0, 0.05) is 6.61 Å². The lowest BCUT2D eigenvalue weighted by Crippen LogP contribution is -2.14. The summed E-state index contributed by atoms with van der Waals surface area (Å²) in [6.45, 7) is 6.67. The Hall–Kier alpha value is -1.67. The lowest BCUT2D eigenvalue weighted by Gasteiger charge is -2.08. The first-order valence-electron chi connectivity index (χ1n) is 11.5. The number of esters is 1. The van der Waals surface area contributed by atoms with Gasteiger partial charge in [-0.15, -0.1) is 0 Å². The molecular weight excluding hydrogens is 400 g/mol. The molecule has 1 rings (SSSR count). The van der Waals surface area contributed by atoms with Crippen LogP contribution in [0.3, 0.4) is 0 Å². The smallest absolute Gasteiger partial charge is 0.338 e. The van der Waals surface area contributed by atoms with E-state index in [1.165, 1.54) is 62.8 Å². The number of carbonyl (C=O) groups is 1. The van der Waals surface area contributed by atoms with Crippen molar-refractivity contribution in [3.05, 3.63) is 29.8 Å². The fourth-order valence-electron chi connectivity index (χ4n) is 2.80. The number of carbonyl (C=O) groups excluding carboxylic acids is 1. The Balaban J connectivity index is 1.74. The zero-order valence-electron chi connectivity index (χ0n) is 19.0. The van der Waals surface area contributed by atoms with Gasteiger partial charge in [-0.3, -0.25) is 0 Å². The minimum Gasteiger partial charge on any atom is -0.508 e. The largest absolute Gasteiger partial charge is 0.508 e. The maximum Gasteiger partial charge on any atom is 0.338 e. The minimum absolute atomic E-state index is 0.109. The molecule has 0 saturated heterocycles. The third-order valence-electron chi connectivity index (χ3n) is 4.57. The van der Waals surface area contributed by atoms with Crippen LogP contribution in [-0.2, 0) is 23.7 Å². The Morgan fingerprint density at radius 3 is 1.65 bits per heavy atom. The number of benzene rings is 1. The molecule has 1 aromatic carbocycles. The van der Waals surface area contributed by atoms with E-state index < -0.39 is 5.97 Å². The number of ether oxygens (including phenoxy) is 5. The number of hydrogen-bond acceptors (Lipinski definition) is 7. The van der Waals surface area contributed by atoms with Gasteiger partial charge in [-0.1, -0.05) is 45.4 Å². The molecule has 0 fully saturated rings. The van der Waals surface area contributed by atoms with Gasteiger partial charge in [0.25, 0.3) is 0 Å². The van der Waals surface area contributed by atoms with E-state index in [4.69, 9.17) is 23.7 Å². The molecular formula is C24H40O7. The van der Waals surface area contributed by atoms with Crippen molar-refractivity contribution in [1.29, 1.82) is 0 Å². The van der Waals surface area contributed by atoms with Crippen LogP contribution in [0, 0.1) is 0 Å². The first kappa shape index (κ1) is 27.4. The summed E-state index contributed by atoms with van der Waals surface area (Å²) in [5.74, 6) is -0.333. The molecule has 0 spiro atoms. The third-order valence-corrected chi connectivity index (χ3v) is 4.57. The maximum absolute atomic E-state index is 11.7. The fraction of sp³-hybridized carbons (Fsp3) is 0.708. The Morgan fingerprint density at radius 1 is 0.645 bits per heavy atom. The molecule has 7 heteroatoms. The van der Waals surface area contributed by atoms with Crippen LogP contribution in [0.25, 0.3) is 0 Å². The molecule has 0 atom stereocenters. The summed E-state index contributed by atoms with van der Waals surface area (Å²) in [6, 6.07) is 5.91. The van der Waals surface area contributed by atoms with E-state index in [0.717, 1.165) is 13.0 Å². The predicted octanol–water partition coefficient (Wildman–Crippen LogP) is 4.37. The molecule has 1 N–H and O–H groups in total. The fourth-order valence-corrected chi connectivity index (χ4v) is 2.80. The number of rotatable bonds is 21. The van der Waals surface area contributed by atoms with Crippen LogP contribution < -0.4 is 0 Å². The van der Waals surface area contributed by atoms with Gasteiger partial charge < -0.3 is 28.8 Å². The molecule has 0 aliphatic rings. The summed E-state index contributed by atoms with van der Waals surface area (Å²) in [5, 5.41) is 9.19. The quantitative estimate of drug-likeness (QED) is 0.224. The highest BCUT2D eigenvalue weighted by Crippen LogP contribution is 2.10. The first-order valence-corrected chi connectivity index (χ1v) is 11.5. The van der Waals surface area contributed by atoms with Crippen LogP contribution >= 0.6 is 0 Å².